The third-order valence-corrected chi connectivity index (χ3v) is 5.75. The zero-order chi connectivity index (χ0) is 20.9. The average molecular weight is 381 g/mol. The first kappa shape index (κ1) is 21.5. The van der Waals surface area contributed by atoms with Crippen LogP contribution in [0.2, 0.25) is 0 Å². The summed E-state index contributed by atoms with van der Waals surface area (Å²) in [6.45, 7) is 8.20. The van der Waals surface area contributed by atoms with Gasteiger partial charge in [0.05, 0.1) is 5.92 Å². The van der Waals surface area contributed by atoms with Gasteiger partial charge in [-0.25, -0.2) is 0 Å². The topological polar surface area (TPSA) is 79.6 Å². The standard InChI is InChI=1S/C22H23NO3.CH4O/c1-21(2)19(22(21,3)4)20(24)26-18(14-23)15-9-8-12-17(13-15)25-16-10-6-5-7-11-16;1-2/h5-13,18-19H,1-4H3;2H,1H3. The Morgan fingerprint density at radius 1 is 1.00 bits per heavy atom. The first-order valence-corrected chi connectivity index (χ1v) is 9.15. The molecule has 2 aromatic rings. The monoisotopic (exact) mass is 381 g/mol. The summed E-state index contributed by atoms with van der Waals surface area (Å²) in [5, 5.41) is 16.5. The van der Waals surface area contributed by atoms with Crippen LogP contribution in [-0.4, -0.2) is 18.2 Å². The third kappa shape index (κ3) is 4.18. The fraction of sp³-hybridized carbons (Fsp3) is 0.391. The van der Waals surface area contributed by atoms with E-state index in [2.05, 4.69) is 33.8 Å². The maximum Gasteiger partial charge on any atom is 0.311 e. The molecule has 1 unspecified atom stereocenters. The van der Waals surface area contributed by atoms with Gasteiger partial charge in [0.2, 0.25) is 6.10 Å². The smallest absolute Gasteiger partial charge is 0.311 e. The van der Waals surface area contributed by atoms with Crippen LogP contribution >= 0.6 is 0 Å². The van der Waals surface area contributed by atoms with E-state index in [1.54, 1.807) is 24.3 Å². The lowest BCUT2D eigenvalue weighted by Crippen LogP contribution is -2.15. The largest absolute Gasteiger partial charge is 0.457 e. The molecule has 0 saturated heterocycles. The van der Waals surface area contributed by atoms with Crippen molar-refractivity contribution in [1.29, 1.82) is 5.26 Å². The van der Waals surface area contributed by atoms with E-state index in [-0.39, 0.29) is 22.7 Å². The molecule has 0 radical (unpaired) electrons. The van der Waals surface area contributed by atoms with Gasteiger partial charge in [-0.3, -0.25) is 4.79 Å². The van der Waals surface area contributed by atoms with E-state index in [4.69, 9.17) is 14.6 Å². The van der Waals surface area contributed by atoms with Crippen molar-refractivity contribution in [2.24, 2.45) is 16.7 Å². The molecule has 1 N–H and O–H groups in total. The van der Waals surface area contributed by atoms with Crippen LogP contribution in [-0.2, 0) is 9.53 Å². The SMILES string of the molecule is CC1(C)C(C(=O)OC(C#N)c2cccc(Oc3ccccc3)c2)C1(C)C.CO. The van der Waals surface area contributed by atoms with E-state index in [0.29, 0.717) is 17.1 Å². The molecule has 1 atom stereocenters. The minimum absolute atomic E-state index is 0.123. The first-order valence-electron chi connectivity index (χ1n) is 9.15. The number of carbonyl (C=O) groups excluding carboxylic acids is 1. The maximum absolute atomic E-state index is 12.6. The minimum Gasteiger partial charge on any atom is -0.457 e. The zero-order valence-electron chi connectivity index (χ0n) is 17.0. The molecule has 5 nitrogen and oxygen atoms in total. The second kappa shape index (κ2) is 8.45. The summed E-state index contributed by atoms with van der Waals surface area (Å²) in [6.07, 6.45) is -0.950. The number of aliphatic hydroxyl groups excluding tert-OH is 1. The molecule has 1 saturated carbocycles. The van der Waals surface area contributed by atoms with E-state index in [1.165, 1.54) is 0 Å². The molecule has 2 aromatic carbocycles. The van der Waals surface area contributed by atoms with Crippen molar-refractivity contribution < 1.29 is 19.4 Å². The number of aliphatic hydroxyl groups is 1. The fourth-order valence-corrected chi connectivity index (χ4v) is 3.50. The minimum atomic E-state index is -0.950. The van der Waals surface area contributed by atoms with Crippen LogP contribution in [0, 0.1) is 28.1 Å². The number of carbonyl (C=O) groups is 1. The number of hydrogen-bond donors (Lipinski definition) is 1. The average Bonchev–Trinajstić information content (AvgIpc) is 3.11. The molecule has 0 amide bonds. The molecule has 0 spiro atoms. The highest BCUT2D eigenvalue weighted by Gasteiger charge is 2.69. The molecule has 0 aromatic heterocycles. The molecule has 148 valence electrons. The lowest BCUT2D eigenvalue weighted by Gasteiger charge is -2.14. The Hall–Kier alpha value is -2.84. The summed E-state index contributed by atoms with van der Waals surface area (Å²) in [6, 6.07) is 18.6. The van der Waals surface area contributed by atoms with Crippen LogP contribution in [0.3, 0.4) is 0 Å². The Bertz CT molecular complexity index is 838. The number of rotatable bonds is 5. The van der Waals surface area contributed by atoms with E-state index < -0.39 is 6.10 Å². The first-order chi connectivity index (χ1) is 13.3. The highest BCUT2D eigenvalue weighted by atomic mass is 16.5. The van der Waals surface area contributed by atoms with Gasteiger partial charge in [0.25, 0.3) is 0 Å². The van der Waals surface area contributed by atoms with Crippen molar-refractivity contribution in [1.82, 2.24) is 0 Å². The number of hydrogen-bond acceptors (Lipinski definition) is 5. The van der Waals surface area contributed by atoms with Gasteiger partial charge in [-0.1, -0.05) is 58.0 Å². The normalized spacial score (nSPS) is 17.3. The van der Waals surface area contributed by atoms with E-state index in [9.17, 15) is 10.1 Å². The lowest BCUT2D eigenvalue weighted by molar-refractivity contribution is -0.150. The van der Waals surface area contributed by atoms with Gasteiger partial charge in [-0.2, -0.15) is 5.26 Å². The molecule has 3 rings (SSSR count). The van der Waals surface area contributed by atoms with Crippen LogP contribution < -0.4 is 4.74 Å². The molecule has 5 heteroatoms. The zero-order valence-corrected chi connectivity index (χ0v) is 17.0. The highest BCUT2D eigenvalue weighted by molar-refractivity contribution is 5.79. The van der Waals surface area contributed by atoms with Gasteiger partial charge in [0.1, 0.15) is 17.6 Å². The summed E-state index contributed by atoms with van der Waals surface area (Å²) < 4.78 is 11.3. The van der Waals surface area contributed by atoms with Gasteiger partial charge in [0.15, 0.2) is 0 Å². The van der Waals surface area contributed by atoms with Crippen LogP contribution in [0.4, 0.5) is 0 Å². The second-order valence-electron chi connectivity index (χ2n) is 7.81. The number of nitrogens with zero attached hydrogens (tertiary/aromatic N) is 1. The quantitative estimate of drug-likeness (QED) is 0.747. The maximum atomic E-state index is 12.6. The highest BCUT2D eigenvalue weighted by Crippen LogP contribution is 2.68. The van der Waals surface area contributed by atoms with Gasteiger partial charge in [-0.05, 0) is 35.1 Å². The number of para-hydroxylation sites is 1. The number of esters is 1. The van der Waals surface area contributed by atoms with Crippen LogP contribution in [0.25, 0.3) is 0 Å². The molecule has 1 aliphatic rings. The van der Waals surface area contributed by atoms with E-state index >= 15 is 0 Å². The van der Waals surface area contributed by atoms with Crippen molar-refractivity contribution in [2.75, 3.05) is 7.11 Å². The van der Waals surface area contributed by atoms with Crippen LogP contribution in [0.15, 0.2) is 54.6 Å². The molecule has 1 fully saturated rings. The number of benzene rings is 2. The molecule has 28 heavy (non-hydrogen) atoms. The Morgan fingerprint density at radius 3 is 2.11 bits per heavy atom. The van der Waals surface area contributed by atoms with Gasteiger partial charge < -0.3 is 14.6 Å². The van der Waals surface area contributed by atoms with Gasteiger partial charge in [-0.15, -0.1) is 0 Å². The van der Waals surface area contributed by atoms with Crippen molar-refractivity contribution in [3.8, 4) is 17.6 Å². The predicted molar refractivity (Wildman–Crippen MR) is 107 cm³/mol. The number of ether oxygens (including phenoxy) is 2. The fourth-order valence-electron chi connectivity index (χ4n) is 3.50. The number of nitriles is 1. The molecular formula is C23H27NO4. The Labute approximate surface area is 166 Å². The summed E-state index contributed by atoms with van der Waals surface area (Å²) in [5.41, 5.74) is 0.357. The summed E-state index contributed by atoms with van der Waals surface area (Å²) >= 11 is 0. The molecule has 0 bridgehead atoms. The second-order valence-corrected chi connectivity index (χ2v) is 7.81. The van der Waals surface area contributed by atoms with Crippen molar-refractivity contribution in [2.45, 2.75) is 33.8 Å². The van der Waals surface area contributed by atoms with E-state index in [0.717, 1.165) is 7.11 Å². The Kier molecular flexibility index (Phi) is 6.48. The van der Waals surface area contributed by atoms with Crippen LogP contribution in [0.5, 0.6) is 11.5 Å². The van der Waals surface area contributed by atoms with Gasteiger partial charge in [0, 0.05) is 12.7 Å². The molecule has 1 aliphatic carbocycles. The predicted octanol–water partition coefficient (Wildman–Crippen LogP) is 4.88. The van der Waals surface area contributed by atoms with Crippen molar-refractivity contribution in [3.05, 3.63) is 60.2 Å². The Balaban J connectivity index is 0.00000136. The molecule has 0 heterocycles. The third-order valence-electron chi connectivity index (χ3n) is 5.75. The lowest BCUT2D eigenvalue weighted by atomic mass is 10.0. The molecular weight excluding hydrogens is 354 g/mol. The molecule has 0 aliphatic heterocycles. The van der Waals surface area contributed by atoms with Crippen LogP contribution in [0.1, 0.15) is 39.4 Å². The summed E-state index contributed by atoms with van der Waals surface area (Å²) in [4.78, 5) is 12.6. The Morgan fingerprint density at radius 2 is 1.57 bits per heavy atom. The van der Waals surface area contributed by atoms with Crippen molar-refractivity contribution >= 4 is 5.97 Å². The summed E-state index contributed by atoms with van der Waals surface area (Å²) in [7, 11) is 1.00. The van der Waals surface area contributed by atoms with E-state index in [1.807, 2.05) is 30.3 Å². The van der Waals surface area contributed by atoms with Gasteiger partial charge >= 0.3 is 5.97 Å². The van der Waals surface area contributed by atoms with Crippen molar-refractivity contribution in [3.63, 3.8) is 0 Å². The summed E-state index contributed by atoms with van der Waals surface area (Å²) in [5.74, 6) is 0.782.